The van der Waals surface area contributed by atoms with Gasteiger partial charge >= 0.3 is 0 Å². The van der Waals surface area contributed by atoms with Crippen LogP contribution in [0.5, 0.6) is 5.75 Å². The van der Waals surface area contributed by atoms with Gasteiger partial charge in [-0.3, -0.25) is 0 Å². The van der Waals surface area contributed by atoms with Gasteiger partial charge in [0.05, 0.1) is 25.9 Å². The zero-order chi connectivity index (χ0) is 15.0. The SMILES string of the molecule is COc1ccc2c(c1)CO[C@]21O[C@H](CCO)C[C@H](O)[C@H]1O. The molecule has 21 heavy (non-hydrogen) atoms. The van der Waals surface area contributed by atoms with Crippen molar-refractivity contribution < 1.29 is 29.5 Å². The zero-order valence-corrected chi connectivity index (χ0v) is 11.9. The summed E-state index contributed by atoms with van der Waals surface area (Å²) < 4.78 is 16.8. The van der Waals surface area contributed by atoms with Crippen molar-refractivity contribution in [3.8, 4) is 5.75 Å². The molecule has 0 bridgehead atoms. The van der Waals surface area contributed by atoms with Gasteiger partial charge in [0.1, 0.15) is 11.9 Å². The maximum atomic E-state index is 10.4. The molecular weight excluding hydrogens is 276 g/mol. The maximum Gasteiger partial charge on any atom is 0.225 e. The Bertz CT molecular complexity index is 519. The summed E-state index contributed by atoms with van der Waals surface area (Å²) in [6.45, 7) is 0.237. The first kappa shape index (κ1) is 14.7. The van der Waals surface area contributed by atoms with E-state index in [1.807, 2.05) is 6.07 Å². The van der Waals surface area contributed by atoms with Gasteiger partial charge in [0.2, 0.25) is 5.79 Å². The van der Waals surface area contributed by atoms with E-state index >= 15 is 0 Å². The fourth-order valence-corrected chi connectivity index (χ4v) is 3.10. The quantitative estimate of drug-likeness (QED) is 0.742. The van der Waals surface area contributed by atoms with Crippen LogP contribution in [-0.2, 0) is 21.9 Å². The summed E-state index contributed by atoms with van der Waals surface area (Å²) in [5, 5.41) is 29.6. The van der Waals surface area contributed by atoms with Crippen LogP contribution in [0.15, 0.2) is 18.2 Å². The molecule has 1 spiro atoms. The van der Waals surface area contributed by atoms with Crippen LogP contribution in [0.4, 0.5) is 0 Å². The first-order valence-electron chi connectivity index (χ1n) is 7.07. The summed E-state index contributed by atoms with van der Waals surface area (Å²) >= 11 is 0. The van der Waals surface area contributed by atoms with Gasteiger partial charge in [-0.2, -0.15) is 0 Å². The number of rotatable bonds is 3. The number of methoxy groups -OCH3 is 1. The molecular formula is C15H20O6. The van der Waals surface area contributed by atoms with Crippen LogP contribution >= 0.6 is 0 Å². The predicted octanol–water partition coefficient (Wildman–Crippen LogP) is 0.271. The van der Waals surface area contributed by atoms with E-state index in [4.69, 9.17) is 19.3 Å². The lowest BCUT2D eigenvalue weighted by molar-refractivity contribution is -0.345. The number of aliphatic hydroxyl groups excluding tert-OH is 3. The molecule has 6 nitrogen and oxygen atoms in total. The molecule has 0 aromatic heterocycles. The van der Waals surface area contributed by atoms with Gasteiger partial charge in [-0.25, -0.2) is 0 Å². The number of benzene rings is 1. The summed E-state index contributed by atoms with van der Waals surface area (Å²) in [5.41, 5.74) is 1.57. The number of hydrogen-bond acceptors (Lipinski definition) is 6. The van der Waals surface area contributed by atoms with Crippen molar-refractivity contribution >= 4 is 0 Å². The Labute approximate surface area is 122 Å². The van der Waals surface area contributed by atoms with Crippen molar-refractivity contribution in [3.05, 3.63) is 29.3 Å². The Kier molecular flexibility index (Phi) is 3.90. The van der Waals surface area contributed by atoms with E-state index in [0.29, 0.717) is 17.7 Å². The molecule has 4 atom stereocenters. The Morgan fingerprint density at radius 2 is 2.19 bits per heavy atom. The van der Waals surface area contributed by atoms with Gasteiger partial charge in [-0.15, -0.1) is 0 Å². The van der Waals surface area contributed by atoms with Crippen molar-refractivity contribution in [3.63, 3.8) is 0 Å². The monoisotopic (exact) mass is 296 g/mol. The number of hydrogen-bond donors (Lipinski definition) is 3. The molecule has 0 saturated carbocycles. The van der Waals surface area contributed by atoms with E-state index in [-0.39, 0.29) is 25.7 Å². The minimum absolute atomic E-state index is 0.0426. The standard InChI is InChI=1S/C15H20O6/c1-19-10-2-3-12-9(6-10)8-20-15(12)14(18)13(17)7-11(21-15)4-5-16/h2-3,6,11,13-14,16-18H,4-5,7-8H2,1H3/t11-,13+,14-,15+/m1/s1. The minimum atomic E-state index is -1.36. The Balaban J connectivity index is 1.97. The van der Waals surface area contributed by atoms with Gasteiger partial charge in [-0.1, -0.05) is 0 Å². The first-order chi connectivity index (χ1) is 10.1. The lowest BCUT2D eigenvalue weighted by atomic mass is 9.88. The third kappa shape index (κ3) is 2.33. The molecule has 3 rings (SSSR count). The summed E-state index contributed by atoms with van der Waals surface area (Å²) in [5.74, 6) is -0.661. The molecule has 0 aliphatic carbocycles. The molecule has 0 amide bonds. The lowest BCUT2D eigenvalue weighted by Gasteiger charge is -2.44. The second-order valence-electron chi connectivity index (χ2n) is 5.48. The Morgan fingerprint density at radius 1 is 1.38 bits per heavy atom. The van der Waals surface area contributed by atoms with Crippen molar-refractivity contribution in [2.75, 3.05) is 13.7 Å². The van der Waals surface area contributed by atoms with E-state index in [2.05, 4.69) is 0 Å². The smallest absolute Gasteiger partial charge is 0.225 e. The first-order valence-corrected chi connectivity index (χ1v) is 7.07. The van der Waals surface area contributed by atoms with E-state index in [1.54, 1.807) is 19.2 Å². The van der Waals surface area contributed by atoms with E-state index in [9.17, 15) is 10.2 Å². The minimum Gasteiger partial charge on any atom is -0.497 e. The average Bonchev–Trinajstić information content (AvgIpc) is 2.84. The van der Waals surface area contributed by atoms with E-state index < -0.39 is 18.0 Å². The van der Waals surface area contributed by atoms with Crippen molar-refractivity contribution in [2.24, 2.45) is 0 Å². The molecule has 116 valence electrons. The second kappa shape index (κ2) is 5.55. The number of ether oxygens (including phenoxy) is 3. The predicted molar refractivity (Wildman–Crippen MR) is 72.7 cm³/mol. The molecule has 2 aliphatic rings. The van der Waals surface area contributed by atoms with E-state index in [0.717, 1.165) is 5.56 Å². The molecule has 0 radical (unpaired) electrons. The molecule has 1 saturated heterocycles. The molecule has 6 heteroatoms. The molecule has 1 aromatic carbocycles. The fourth-order valence-electron chi connectivity index (χ4n) is 3.10. The van der Waals surface area contributed by atoms with Crippen LogP contribution in [-0.4, -0.2) is 47.3 Å². The summed E-state index contributed by atoms with van der Waals surface area (Å²) in [4.78, 5) is 0. The van der Waals surface area contributed by atoms with Crippen LogP contribution < -0.4 is 4.74 Å². The normalized spacial score (nSPS) is 35.0. The summed E-state index contributed by atoms with van der Waals surface area (Å²) in [7, 11) is 1.58. The van der Waals surface area contributed by atoms with Crippen LogP contribution in [0.2, 0.25) is 0 Å². The molecule has 2 heterocycles. The van der Waals surface area contributed by atoms with Crippen LogP contribution in [0.1, 0.15) is 24.0 Å². The zero-order valence-electron chi connectivity index (χ0n) is 11.9. The van der Waals surface area contributed by atoms with Crippen molar-refractivity contribution in [2.45, 2.75) is 43.5 Å². The van der Waals surface area contributed by atoms with Gasteiger partial charge in [0.25, 0.3) is 0 Å². The average molecular weight is 296 g/mol. The highest BCUT2D eigenvalue weighted by Gasteiger charge is 2.55. The molecule has 1 fully saturated rings. The Hall–Kier alpha value is -1.18. The third-order valence-corrected chi connectivity index (χ3v) is 4.18. The highest BCUT2D eigenvalue weighted by molar-refractivity contribution is 5.41. The van der Waals surface area contributed by atoms with E-state index in [1.165, 1.54) is 0 Å². The molecule has 2 aliphatic heterocycles. The highest BCUT2D eigenvalue weighted by Crippen LogP contribution is 2.46. The van der Waals surface area contributed by atoms with Crippen LogP contribution in [0, 0.1) is 0 Å². The van der Waals surface area contributed by atoms with Gasteiger partial charge in [0.15, 0.2) is 0 Å². The number of fused-ring (bicyclic) bond motifs is 2. The molecule has 1 aromatic rings. The number of aliphatic hydroxyl groups is 3. The Morgan fingerprint density at radius 3 is 2.90 bits per heavy atom. The summed E-state index contributed by atoms with van der Waals surface area (Å²) in [6, 6.07) is 5.40. The third-order valence-electron chi connectivity index (χ3n) is 4.18. The highest BCUT2D eigenvalue weighted by atomic mass is 16.7. The van der Waals surface area contributed by atoms with Gasteiger partial charge in [0, 0.05) is 18.6 Å². The molecule has 0 unspecified atom stereocenters. The van der Waals surface area contributed by atoms with Crippen LogP contribution in [0.25, 0.3) is 0 Å². The summed E-state index contributed by atoms with van der Waals surface area (Å²) in [6.07, 6.45) is -1.81. The maximum absolute atomic E-state index is 10.4. The van der Waals surface area contributed by atoms with Gasteiger partial charge in [-0.05, 0) is 30.2 Å². The molecule has 3 N–H and O–H groups in total. The topological polar surface area (TPSA) is 88.4 Å². The lowest BCUT2D eigenvalue weighted by Crippen LogP contribution is -2.55. The second-order valence-corrected chi connectivity index (χ2v) is 5.48. The largest absolute Gasteiger partial charge is 0.497 e. The van der Waals surface area contributed by atoms with Crippen molar-refractivity contribution in [1.29, 1.82) is 0 Å². The van der Waals surface area contributed by atoms with Crippen LogP contribution in [0.3, 0.4) is 0 Å². The van der Waals surface area contributed by atoms with Crippen molar-refractivity contribution in [1.82, 2.24) is 0 Å². The fraction of sp³-hybridized carbons (Fsp3) is 0.600. The van der Waals surface area contributed by atoms with Gasteiger partial charge < -0.3 is 29.5 Å².